The first-order valence-electron chi connectivity index (χ1n) is 7.89. The van der Waals surface area contributed by atoms with Crippen LogP contribution in [0.4, 0.5) is 5.69 Å². The first kappa shape index (κ1) is 17.3. The van der Waals surface area contributed by atoms with E-state index in [0.29, 0.717) is 11.3 Å². The molecule has 0 saturated carbocycles. The molecule has 0 N–H and O–H groups in total. The molecule has 0 fully saturated rings. The molecule has 3 rings (SSSR count). The van der Waals surface area contributed by atoms with E-state index in [1.807, 2.05) is 30.3 Å². The van der Waals surface area contributed by atoms with E-state index >= 15 is 0 Å². The SMILES string of the molecule is Cc1c(C(=O)OCc2ccccc2)nnn1Cc1cccc([N+](=O)[O-])c1. The van der Waals surface area contributed by atoms with Crippen LogP contribution >= 0.6 is 0 Å². The number of hydrogen-bond donors (Lipinski definition) is 0. The predicted molar refractivity (Wildman–Crippen MR) is 92.5 cm³/mol. The number of carbonyl (C=O) groups excluding carboxylic acids is 1. The van der Waals surface area contributed by atoms with Gasteiger partial charge in [0.15, 0.2) is 5.69 Å². The molecule has 132 valence electrons. The van der Waals surface area contributed by atoms with E-state index in [2.05, 4.69) is 10.3 Å². The summed E-state index contributed by atoms with van der Waals surface area (Å²) in [5.41, 5.74) is 2.24. The van der Waals surface area contributed by atoms with Crippen LogP contribution in [0.25, 0.3) is 0 Å². The number of nitrogens with zero attached hydrogens (tertiary/aromatic N) is 4. The van der Waals surface area contributed by atoms with Gasteiger partial charge in [-0.15, -0.1) is 5.10 Å². The van der Waals surface area contributed by atoms with Gasteiger partial charge >= 0.3 is 5.97 Å². The highest BCUT2D eigenvalue weighted by atomic mass is 16.6. The van der Waals surface area contributed by atoms with Gasteiger partial charge in [-0.05, 0) is 18.1 Å². The van der Waals surface area contributed by atoms with Crippen molar-refractivity contribution in [3.63, 3.8) is 0 Å². The Kier molecular flexibility index (Phi) is 5.02. The molecular formula is C18H16N4O4. The Balaban J connectivity index is 1.70. The zero-order valence-corrected chi connectivity index (χ0v) is 14.0. The fourth-order valence-corrected chi connectivity index (χ4v) is 2.43. The standard InChI is InChI=1S/C18H16N4O4/c1-13-17(18(23)26-12-14-6-3-2-4-7-14)19-20-21(13)11-15-8-5-9-16(10-15)22(24)25/h2-10H,11-12H2,1H3. The molecule has 0 aliphatic rings. The van der Waals surface area contributed by atoms with E-state index in [-0.39, 0.29) is 24.5 Å². The summed E-state index contributed by atoms with van der Waals surface area (Å²) in [6, 6.07) is 15.6. The molecule has 0 bridgehead atoms. The lowest BCUT2D eigenvalue weighted by Gasteiger charge is -2.05. The topological polar surface area (TPSA) is 100 Å². The maximum absolute atomic E-state index is 12.2. The van der Waals surface area contributed by atoms with Crippen LogP contribution in [0.5, 0.6) is 0 Å². The largest absolute Gasteiger partial charge is 0.456 e. The predicted octanol–water partition coefficient (Wildman–Crippen LogP) is 2.90. The molecule has 1 aromatic heterocycles. The highest BCUT2D eigenvalue weighted by Gasteiger charge is 2.18. The van der Waals surface area contributed by atoms with Crippen molar-refractivity contribution < 1.29 is 14.5 Å². The fourth-order valence-electron chi connectivity index (χ4n) is 2.43. The normalized spacial score (nSPS) is 10.5. The maximum Gasteiger partial charge on any atom is 0.361 e. The van der Waals surface area contributed by atoms with Crippen LogP contribution in [-0.4, -0.2) is 25.9 Å². The summed E-state index contributed by atoms with van der Waals surface area (Å²) < 4.78 is 6.78. The zero-order chi connectivity index (χ0) is 18.5. The van der Waals surface area contributed by atoms with Gasteiger partial charge in [0.2, 0.25) is 0 Å². The maximum atomic E-state index is 12.2. The van der Waals surface area contributed by atoms with Crippen LogP contribution in [0.15, 0.2) is 54.6 Å². The van der Waals surface area contributed by atoms with Crippen LogP contribution in [0.2, 0.25) is 0 Å². The van der Waals surface area contributed by atoms with Crippen LogP contribution < -0.4 is 0 Å². The van der Waals surface area contributed by atoms with Gasteiger partial charge in [0, 0.05) is 12.1 Å². The molecule has 26 heavy (non-hydrogen) atoms. The Bertz CT molecular complexity index is 937. The quantitative estimate of drug-likeness (QED) is 0.384. The Hall–Kier alpha value is -3.55. The molecule has 0 aliphatic heterocycles. The van der Waals surface area contributed by atoms with E-state index in [4.69, 9.17) is 4.74 Å². The van der Waals surface area contributed by atoms with Gasteiger partial charge in [-0.2, -0.15) is 0 Å². The van der Waals surface area contributed by atoms with Gasteiger partial charge in [-0.3, -0.25) is 10.1 Å². The summed E-state index contributed by atoms with van der Waals surface area (Å²) in [6.07, 6.45) is 0. The van der Waals surface area contributed by atoms with Gasteiger partial charge in [0.25, 0.3) is 5.69 Å². The second kappa shape index (κ2) is 7.56. The smallest absolute Gasteiger partial charge is 0.361 e. The molecule has 0 amide bonds. The summed E-state index contributed by atoms with van der Waals surface area (Å²) in [7, 11) is 0. The summed E-state index contributed by atoms with van der Waals surface area (Å²) in [5, 5.41) is 18.7. The average Bonchev–Trinajstić information content (AvgIpc) is 3.01. The van der Waals surface area contributed by atoms with Crippen molar-refractivity contribution in [2.24, 2.45) is 0 Å². The van der Waals surface area contributed by atoms with Crippen molar-refractivity contribution in [3.05, 3.63) is 87.2 Å². The molecular weight excluding hydrogens is 336 g/mol. The second-order valence-electron chi connectivity index (χ2n) is 5.67. The molecule has 8 nitrogen and oxygen atoms in total. The Morgan fingerprint density at radius 2 is 1.88 bits per heavy atom. The van der Waals surface area contributed by atoms with E-state index in [1.165, 1.54) is 16.8 Å². The number of non-ortho nitro benzene ring substituents is 1. The third kappa shape index (κ3) is 3.92. The minimum absolute atomic E-state index is 0.00256. The number of aromatic nitrogens is 3. The third-order valence-electron chi connectivity index (χ3n) is 3.84. The molecule has 0 aliphatic carbocycles. The minimum Gasteiger partial charge on any atom is -0.456 e. The number of carbonyl (C=O) groups is 1. The van der Waals surface area contributed by atoms with E-state index in [1.54, 1.807) is 19.1 Å². The second-order valence-corrected chi connectivity index (χ2v) is 5.67. The van der Waals surface area contributed by atoms with Gasteiger partial charge < -0.3 is 4.74 Å². The molecule has 0 unspecified atom stereocenters. The highest BCUT2D eigenvalue weighted by Crippen LogP contribution is 2.15. The number of rotatable bonds is 6. The summed E-state index contributed by atoms with van der Waals surface area (Å²) in [4.78, 5) is 22.6. The Morgan fingerprint density at radius 1 is 1.15 bits per heavy atom. The molecule has 0 spiro atoms. The monoisotopic (exact) mass is 352 g/mol. The van der Waals surface area contributed by atoms with Crippen LogP contribution in [-0.2, 0) is 17.9 Å². The van der Waals surface area contributed by atoms with Crippen molar-refractivity contribution in [1.82, 2.24) is 15.0 Å². The number of ether oxygens (including phenoxy) is 1. The van der Waals surface area contributed by atoms with Crippen LogP contribution in [0, 0.1) is 17.0 Å². The molecule has 1 heterocycles. The summed E-state index contributed by atoms with van der Waals surface area (Å²) in [6.45, 7) is 2.12. The number of hydrogen-bond acceptors (Lipinski definition) is 6. The molecule has 8 heteroatoms. The molecule has 0 radical (unpaired) electrons. The Labute approximate surface area is 149 Å². The lowest BCUT2D eigenvalue weighted by molar-refractivity contribution is -0.384. The van der Waals surface area contributed by atoms with Crippen molar-refractivity contribution in [3.8, 4) is 0 Å². The van der Waals surface area contributed by atoms with Crippen molar-refractivity contribution in [2.75, 3.05) is 0 Å². The third-order valence-corrected chi connectivity index (χ3v) is 3.84. The van der Waals surface area contributed by atoms with Gasteiger partial charge in [-0.25, -0.2) is 9.48 Å². The van der Waals surface area contributed by atoms with Crippen molar-refractivity contribution in [1.29, 1.82) is 0 Å². The van der Waals surface area contributed by atoms with Gasteiger partial charge in [0.1, 0.15) is 6.61 Å². The number of esters is 1. The number of nitro benzene ring substituents is 1. The summed E-state index contributed by atoms with van der Waals surface area (Å²) >= 11 is 0. The summed E-state index contributed by atoms with van der Waals surface area (Å²) in [5.74, 6) is -0.559. The first-order valence-corrected chi connectivity index (χ1v) is 7.89. The average molecular weight is 352 g/mol. The van der Waals surface area contributed by atoms with Crippen LogP contribution in [0.3, 0.4) is 0 Å². The lowest BCUT2D eigenvalue weighted by atomic mass is 10.2. The van der Waals surface area contributed by atoms with E-state index in [0.717, 1.165) is 5.56 Å². The highest BCUT2D eigenvalue weighted by molar-refractivity contribution is 5.88. The molecule has 2 aromatic carbocycles. The molecule has 0 atom stereocenters. The molecule has 3 aromatic rings. The molecule has 0 saturated heterocycles. The Morgan fingerprint density at radius 3 is 2.62 bits per heavy atom. The van der Waals surface area contributed by atoms with Crippen LogP contribution in [0.1, 0.15) is 27.3 Å². The number of nitro groups is 1. The minimum atomic E-state index is -0.559. The first-order chi connectivity index (χ1) is 12.5. The van der Waals surface area contributed by atoms with Crippen molar-refractivity contribution >= 4 is 11.7 Å². The van der Waals surface area contributed by atoms with Gasteiger partial charge in [-0.1, -0.05) is 47.7 Å². The fraction of sp³-hybridized carbons (Fsp3) is 0.167. The number of benzene rings is 2. The van der Waals surface area contributed by atoms with E-state index < -0.39 is 10.9 Å². The van der Waals surface area contributed by atoms with Crippen molar-refractivity contribution in [2.45, 2.75) is 20.1 Å². The van der Waals surface area contributed by atoms with Gasteiger partial charge in [0.05, 0.1) is 17.2 Å². The van der Waals surface area contributed by atoms with E-state index in [9.17, 15) is 14.9 Å². The zero-order valence-electron chi connectivity index (χ0n) is 14.0. The lowest BCUT2D eigenvalue weighted by Crippen LogP contribution is -2.09.